The van der Waals surface area contributed by atoms with E-state index < -0.39 is 0 Å². The molecule has 0 aliphatic rings. The molecular weight excluding hydrogens is 309 g/mol. The van der Waals surface area contributed by atoms with Gasteiger partial charge in [-0.05, 0) is 35.9 Å². The molecular formula is C15H11BrFNO. The fourth-order valence-electron chi connectivity index (χ4n) is 1.69. The number of ether oxygens (including phenoxy) is 1. The van der Waals surface area contributed by atoms with Crippen molar-refractivity contribution >= 4 is 15.9 Å². The molecule has 0 spiro atoms. The Kier molecular flexibility index (Phi) is 4.53. The molecule has 96 valence electrons. The normalized spacial score (nSPS) is 9.95. The second-order valence-corrected chi connectivity index (χ2v) is 4.55. The summed E-state index contributed by atoms with van der Waals surface area (Å²) in [7, 11) is 0. The predicted molar refractivity (Wildman–Crippen MR) is 74.5 cm³/mol. The molecule has 0 aliphatic carbocycles. The van der Waals surface area contributed by atoms with Gasteiger partial charge in [0.05, 0.1) is 11.6 Å². The molecule has 19 heavy (non-hydrogen) atoms. The lowest BCUT2D eigenvalue weighted by Crippen LogP contribution is -1.98. The van der Waals surface area contributed by atoms with Crippen molar-refractivity contribution in [2.45, 2.75) is 11.9 Å². The van der Waals surface area contributed by atoms with Crippen LogP contribution in [0.1, 0.15) is 16.7 Å². The van der Waals surface area contributed by atoms with Gasteiger partial charge in [0.2, 0.25) is 0 Å². The van der Waals surface area contributed by atoms with Gasteiger partial charge < -0.3 is 4.74 Å². The van der Waals surface area contributed by atoms with Crippen LogP contribution in [0.3, 0.4) is 0 Å². The van der Waals surface area contributed by atoms with Gasteiger partial charge in [-0.2, -0.15) is 5.26 Å². The Labute approximate surface area is 119 Å². The van der Waals surface area contributed by atoms with Crippen LogP contribution in [0.5, 0.6) is 5.75 Å². The van der Waals surface area contributed by atoms with Crippen molar-refractivity contribution < 1.29 is 9.13 Å². The summed E-state index contributed by atoms with van der Waals surface area (Å²) < 4.78 is 18.7. The van der Waals surface area contributed by atoms with E-state index in [2.05, 4.69) is 22.0 Å². The Morgan fingerprint density at radius 3 is 2.79 bits per heavy atom. The van der Waals surface area contributed by atoms with E-state index in [1.807, 2.05) is 12.1 Å². The van der Waals surface area contributed by atoms with E-state index >= 15 is 0 Å². The molecule has 0 aromatic heterocycles. The zero-order chi connectivity index (χ0) is 13.7. The number of benzene rings is 2. The first-order chi connectivity index (χ1) is 9.22. The highest BCUT2D eigenvalue weighted by Crippen LogP contribution is 2.23. The molecule has 2 aromatic rings. The van der Waals surface area contributed by atoms with Gasteiger partial charge in [-0.25, -0.2) is 4.39 Å². The molecule has 4 heteroatoms. The van der Waals surface area contributed by atoms with Gasteiger partial charge in [0.1, 0.15) is 18.2 Å². The summed E-state index contributed by atoms with van der Waals surface area (Å²) in [6.45, 7) is 0.348. The van der Waals surface area contributed by atoms with Crippen LogP contribution in [0.15, 0.2) is 42.5 Å². The number of nitrogens with zero attached hydrogens (tertiary/aromatic N) is 1. The molecule has 0 saturated carbocycles. The third-order valence-corrected chi connectivity index (χ3v) is 3.22. The SMILES string of the molecule is N#Cc1cccc(COc2ccc(F)cc2CBr)c1. The predicted octanol–water partition coefficient (Wildman–Crippen LogP) is 4.17. The zero-order valence-electron chi connectivity index (χ0n) is 10.1. The van der Waals surface area contributed by atoms with E-state index in [0.717, 1.165) is 11.1 Å². The molecule has 0 unspecified atom stereocenters. The van der Waals surface area contributed by atoms with Crippen LogP contribution in [-0.4, -0.2) is 0 Å². The van der Waals surface area contributed by atoms with Crippen LogP contribution in [0.2, 0.25) is 0 Å². The maximum Gasteiger partial charge on any atom is 0.124 e. The highest BCUT2D eigenvalue weighted by molar-refractivity contribution is 9.08. The standard InChI is InChI=1S/C15H11BrFNO/c16-8-13-7-14(17)4-5-15(13)19-10-12-3-1-2-11(6-12)9-18/h1-7H,8,10H2. The van der Waals surface area contributed by atoms with Crippen LogP contribution in [0.25, 0.3) is 0 Å². The summed E-state index contributed by atoms with van der Waals surface area (Å²) in [6, 6.07) is 13.7. The quantitative estimate of drug-likeness (QED) is 0.792. The van der Waals surface area contributed by atoms with Gasteiger partial charge >= 0.3 is 0 Å². The first kappa shape index (κ1) is 13.6. The molecule has 0 amide bonds. The molecule has 2 rings (SSSR count). The Morgan fingerprint density at radius 2 is 2.05 bits per heavy atom. The summed E-state index contributed by atoms with van der Waals surface area (Å²) >= 11 is 3.30. The maximum absolute atomic E-state index is 13.1. The second-order valence-electron chi connectivity index (χ2n) is 3.99. The molecule has 0 heterocycles. The second kappa shape index (κ2) is 6.35. The first-order valence-corrected chi connectivity index (χ1v) is 6.81. The number of nitriles is 1. The van der Waals surface area contributed by atoms with Gasteiger partial charge in [0.15, 0.2) is 0 Å². The Bertz CT molecular complexity index is 622. The van der Waals surface area contributed by atoms with Gasteiger partial charge in [0.25, 0.3) is 0 Å². The summed E-state index contributed by atoms with van der Waals surface area (Å²) in [5.74, 6) is 0.355. The summed E-state index contributed by atoms with van der Waals surface area (Å²) in [5, 5.41) is 9.35. The van der Waals surface area contributed by atoms with Crippen molar-refractivity contribution in [3.8, 4) is 11.8 Å². The number of rotatable bonds is 4. The Hall–Kier alpha value is -1.86. The molecule has 0 bridgehead atoms. The number of halogens is 2. The third-order valence-electron chi connectivity index (χ3n) is 2.62. The van der Waals surface area contributed by atoms with Crippen LogP contribution in [-0.2, 0) is 11.9 Å². The maximum atomic E-state index is 13.1. The van der Waals surface area contributed by atoms with E-state index in [1.54, 1.807) is 18.2 Å². The fraction of sp³-hybridized carbons (Fsp3) is 0.133. The van der Waals surface area contributed by atoms with Gasteiger partial charge in [-0.3, -0.25) is 0 Å². The lowest BCUT2D eigenvalue weighted by Gasteiger charge is -2.10. The highest BCUT2D eigenvalue weighted by Gasteiger charge is 2.05. The monoisotopic (exact) mass is 319 g/mol. The van der Waals surface area contributed by atoms with Crippen molar-refractivity contribution in [3.63, 3.8) is 0 Å². The highest BCUT2D eigenvalue weighted by atomic mass is 79.9. The average molecular weight is 320 g/mol. The summed E-state index contributed by atoms with van der Waals surface area (Å²) in [4.78, 5) is 0. The van der Waals surface area contributed by atoms with Crippen molar-refractivity contribution in [1.29, 1.82) is 5.26 Å². The van der Waals surface area contributed by atoms with Crippen LogP contribution in [0.4, 0.5) is 4.39 Å². The largest absolute Gasteiger partial charge is 0.489 e. The fourth-order valence-corrected chi connectivity index (χ4v) is 2.12. The van der Waals surface area contributed by atoms with Gasteiger partial charge in [-0.15, -0.1) is 0 Å². The van der Waals surface area contributed by atoms with E-state index in [-0.39, 0.29) is 5.82 Å². The smallest absolute Gasteiger partial charge is 0.124 e. The summed E-state index contributed by atoms with van der Waals surface area (Å²) in [6.07, 6.45) is 0. The molecule has 0 fully saturated rings. The Balaban J connectivity index is 2.12. The molecule has 0 saturated heterocycles. The van der Waals surface area contributed by atoms with Crippen LogP contribution >= 0.6 is 15.9 Å². The molecule has 0 aliphatic heterocycles. The molecule has 0 radical (unpaired) electrons. The van der Waals surface area contributed by atoms with Crippen molar-refractivity contribution in [2.75, 3.05) is 0 Å². The molecule has 0 N–H and O–H groups in total. The first-order valence-electron chi connectivity index (χ1n) is 5.69. The lowest BCUT2D eigenvalue weighted by atomic mass is 10.1. The zero-order valence-corrected chi connectivity index (χ0v) is 11.7. The van der Waals surface area contributed by atoms with E-state index in [4.69, 9.17) is 10.00 Å². The van der Waals surface area contributed by atoms with E-state index in [0.29, 0.717) is 23.2 Å². The molecule has 2 nitrogen and oxygen atoms in total. The lowest BCUT2D eigenvalue weighted by molar-refractivity contribution is 0.303. The van der Waals surface area contributed by atoms with Gasteiger partial charge in [-0.1, -0.05) is 28.1 Å². The van der Waals surface area contributed by atoms with Gasteiger partial charge in [0, 0.05) is 10.9 Å². The average Bonchev–Trinajstić information content (AvgIpc) is 2.46. The van der Waals surface area contributed by atoms with Crippen LogP contribution < -0.4 is 4.74 Å². The number of hydrogen-bond acceptors (Lipinski definition) is 2. The van der Waals surface area contributed by atoms with Crippen molar-refractivity contribution in [3.05, 3.63) is 65.0 Å². The minimum Gasteiger partial charge on any atom is -0.489 e. The minimum absolute atomic E-state index is 0.284. The van der Waals surface area contributed by atoms with Crippen molar-refractivity contribution in [1.82, 2.24) is 0 Å². The number of alkyl halides is 1. The topological polar surface area (TPSA) is 33.0 Å². The number of hydrogen-bond donors (Lipinski definition) is 0. The molecule has 0 atom stereocenters. The van der Waals surface area contributed by atoms with E-state index in [1.165, 1.54) is 12.1 Å². The molecule has 2 aromatic carbocycles. The van der Waals surface area contributed by atoms with Crippen molar-refractivity contribution in [2.24, 2.45) is 0 Å². The van der Waals surface area contributed by atoms with Crippen LogP contribution in [0, 0.1) is 17.1 Å². The summed E-state index contributed by atoms with van der Waals surface area (Å²) in [5.41, 5.74) is 2.27. The third kappa shape index (κ3) is 3.55. The van der Waals surface area contributed by atoms with E-state index in [9.17, 15) is 4.39 Å². The Morgan fingerprint density at radius 1 is 1.21 bits per heavy atom. The minimum atomic E-state index is -0.284.